The Morgan fingerprint density at radius 3 is 1.45 bits per heavy atom. The molecule has 0 unspecified atom stereocenters. The van der Waals surface area contributed by atoms with Gasteiger partial charge in [-0.1, -0.05) is 54.4 Å². The lowest BCUT2D eigenvalue weighted by molar-refractivity contribution is -0.0416. The van der Waals surface area contributed by atoms with Crippen molar-refractivity contribution in [3.8, 4) is 6.01 Å². The van der Waals surface area contributed by atoms with Crippen LogP contribution in [0.5, 0.6) is 6.01 Å². The molecule has 3 heterocycles. The summed E-state index contributed by atoms with van der Waals surface area (Å²) in [6.45, 7) is 31.4. The minimum Gasteiger partial charge on any atom is -0.461 e. The number of unbranched alkanes of at least 4 members (excludes halogenated alkanes) is 2. The van der Waals surface area contributed by atoms with Gasteiger partial charge in [0.15, 0.2) is 0 Å². The van der Waals surface area contributed by atoms with Gasteiger partial charge in [-0.25, -0.2) is 10.0 Å². The number of nitrogens with zero attached hydrogens (tertiary/aromatic N) is 7. The fraction of sp³-hybridized carbons (Fsp3) is 0.906. The van der Waals surface area contributed by atoms with Crippen LogP contribution in [0.3, 0.4) is 0 Å². The first-order valence-corrected chi connectivity index (χ1v) is 16.1. The van der Waals surface area contributed by atoms with Crippen molar-refractivity contribution in [1.29, 1.82) is 0 Å². The van der Waals surface area contributed by atoms with E-state index in [-0.39, 0.29) is 28.0 Å². The molecule has 3 rings (SSSR count). The lowest BCUT2D eigenvalue weighted by Gasteiger charge is -2.57. The SMILES string of the molecule is CCCCN(c1nc(OC(C)C)nc(N(CCCC)N2CCCC(C)(C)C2(C)C)n1)N1CCCC(C)(C)C1(C)C. The van der Waals surface area contributed by atoms with Gasteiger partial charge < -0.3 is 4.74 Å². The van der Waals surface area contributed by atoms with Gasteiger partial charge in [0.25, 0.3) is 0 Å². The van der Waals surface area contributed by atoms with Gasteiger partial charge in [-0.15, -0.1) is 0 Å². The molecule has 2 aliphatic rings. The number of hydrazine groups is 2. The molecule has 0 aliphatic carbocycles. The smallest absolute Gasteiger partial charge is 0.323 e. The maximum absolute atomic E-state index is 6.21. The molecular weight excluding hydrogens is 498 g/mol. The van der Waals surface area contributed by atoms with Crippen LogP contribution in [-0.2, 0) is 0 Å². The van der Waals surface area contributed by atoms with Gasteiger partial charge in [-0.3, -0.25) is 10.0 Å². The summed E-state index contributed by atoms with van der Waals surface area (Å²) in [5, 5.41) is 9.78. The van der Waals surface area contributed by atoms with E-state index in [1.165, 1.54) is 12.8 Å². The standard InChI is InChI=1S/C32H61N7O/c1-13-15-21-36(38-23-17-19-29(5,6)31(38,9)10)26-33-27(35-28(34-26)40-25(3)4)37(22-16-14-2)39-24-18-20-30(7,8)32(39,11)12/h25H,13-24H2,1-12H3. The van der Waals surface area contributed by atoms with Gasteiger partial charge in [0.05, 0.1) is 6.10 Å². The molecule has 0 atom stereocenters. The predicted octanol–water partition coefficient (Wildman–Crippen LogP) is 7.50. The van der Waals surface area contributed by atoms with Crippen LogP contribution in [0, 0.1) is 10.8 Å². The Morgan fingerprint density at radius 1 is 0.700 bits per heavy atom. The normalized spacial score (nSPS) is 22.3. The van der Waals surface area contributed by atoms with Crippen molar-refractivity contribution < 1.29 is 4.74 Å². The first kappa shape index (κ1) is 32.8. The molecule has 2 saturated heterocycles. The second kappa shape index (κ2) is 12.7. The zero-order chi connectivity index (χ0) is 29.9. The lowest BCUT2D eigenvalue weighted by atomic mass is 9.68. The van der Waals surface area contributed by atoms with E-state index in [0.717, 1.165) is 64.7 Å². The maximum atomic E-state index is 6.21. The molecule has 1 aromatic heterocycles. The summed E-state index contributed by atoms with van der Waals surface area (Å²) in [6, 6.07) is 0.418. The van der Waals surface area contributed by atoms with Crippen LogP contribution in [0.15, 0.2) is 0 Å². The monoisotopic (exact) mass is 559 g/mol. The molecule has 0 amide bonds. The van der Waals surface area contributed by atoms with Gasteiger partial charge >= 0.3 is 6.01 Å². The summed E-state index contributed by atoms with van der Waals surface area (Å²) in [6.07, 6.45) is 9.09. The Balaban J connectivity index is 2.17. The van der Waals surface area contributed by atoms with Crippen LogP contribution in [0.4, 0.5) is 11.9 Å². The second-order valence-corrected chi connectivity index (χ2v) is 14.7. The molecule has 8 nitrogen and oxygen atoms in total. The molecule has 0 saturated carbocycles. The van der Waals surface area contributed by atoms with Crippen LogP contribution < -0.4 is 14.8 Å². The highest BCUT2D eigenvalue weighted by molar-refractivity contribution is 5.40. The molecule has 0 N–H and O–H groups in total. The highest BCUT2D eigenvalue weighted by atomic mass is 16.5. The lowest BCUT2D eigenvalue weighted by Crippen LogP contribution is -2.65. The van der Waals surface area contributed by atoms with E-state index in [1.54, 1.807) is 0 Å². The van der Waals surface area contributed by atoms with Crippen molar-refractivity contribution in [3.63, 3.8) is 0 Å². The zero-order valence-corrected chi connectivity index (χ0v) is 28.1. The van der Waals surface area contributed by atoms with E-state index in [0.29, 0.717) is 17.9 Å². The highest BCUT2D eigenvalue weighted by Gasteiger charge is 2.49. The molecule has 40 heavy (non-hydrogen) atoms. The van der Waals surface area contributed by atoms with Crippen molar-refractivity contribution in [2.45, 2.75) is 152 Å². The van der Waals surface area contributed by atoms with Crippen molar-refractivity contribution in [1.82, 2.24) is 25.0 Å². The van der Waals surface area contributed by atoms with Gasteiger partial charge in [-0.2, -0.15) is 15.0 Å². The van der Waals surface area contributed by atoms with Gasteiger partial charge in [0, 0.05) is 37.3 Å². The fourth-order valence-electron chi connectivity index (χ4n) is 6.16. The predicted molar refractivity (Wildman–Crippen MR) is 168 cm³/mol. The highest BCUT2D eigenvalue weighted by Crippen LogP contribution is 2.46. The minimum absolute atomic E-state index is 0.0213. The molecule has 230 valence electrons. The van der Waals surface area contributed by atoms with E-state index < -0.39 is 0 Å². The molecule has 2 aliphatic heterocycles. The van der Waals surface area contributed by atoms with Gasteiger partial charge in [0.2, 0.25) is 11.9 Å². The molecular formula is C32H61N7O. The van der Waals surface area contributed by atoms with Crippen LogP contribution in [-0.4, -0.2) is 68.3 Å². The van der Waals surface area contributed by atoms with E-state index in [2.05, 4.69) is 89.3 Å². The number of ether oxygens (including phenoxy) is 1. The van der Waals surface area contributed by atoms with Crippen LogP contribution in [0.1, 0.15) is 134 Å². The zero-order valence-electron chi connectivity index (χ0n) is 28.1. The Kier molecular flexibility index (Phi) is 10.4. The third-order valence-corrected chi connectivity index (χ3v) is 10.4. The number of rotatable bonds is 12. The number of anilines is 2. The molecule has 0 spiro atoms. The van der Waals surface area contributed by atoms with Gasteiger partial charge in [-0.05, 0) is 90.9 Å². The summed E-state index contributed by atoms with van der Waals surface area (Å²) in [7, 11) is 0. The first-order valence-electron chi connectivity index (χ1n) is 16.1. The maximum Gasteiger partial charge on any atom is 0.323 e. The summed E-state index contributed by atoms with van der Waals surface area (Å²) < 4.78 is 6.21. The van der Waals surface area contributed by atoms with Crippen LogP contribution >= 0.6 is 0 Å². The minimum atomic E-state index is -0.0500. The molecule has 2 fully saturated rings. The first-order chi connectivity index (χ1) is 18.6. The Bertz CT molecular complexity index is 890. The van der Waals surface area contributed by atoms with E-state index >= 15 is 0 Å². The third kappa shape index (κ3) is 6.69. The molecule has 1 aromatic rings. The molecule has 0 aromatic carbocycles. The number of hydrogen-bond acceptors (Lipinski definition) is 8. The summed E-state index contributed by atoms with van der Waals surface area (Å²) in [5.74, 6) is 1.41. The number of piperidine rings is 2. The van der Waals surface area contributed by atoms with Crippen molar-refractivity contribution >= 4 is 11.9 Å². The van der Waals surface area contributed by atoms with Crippen molar-refractivity contribution in [2.75, 3.05) is 36.2 Å². The molecule has 8 heteroatoms. The van der Waals surface area contributed by atoms with Gasteiger partial charge in [0.1, 0.15) is 0 Å². The summed E-state index contributed by atoms with van der Waals surface area (Å²) in [4.78, 5) is 15.3. The Hall–Kier alpha value is -1.67. The quantitative estimate of drug-likeness (QED) is 0.261. The number of aromatic nitrogens is 3. The average Bonchev–Trinajstić information content (AvgIpc) is 2.84. The summed E-state index contributed by atoms with van der Waals surface area (Å²) >= 11 is 0. The third-order valence-electron chi connectivity index (χ3n) is 10.4. The van der Waals surface area contributed by atoms with E-state index in [4.69, 9.17) is 19.7 Å². The van der Waals surface area contributed by atoms with E-state index in [9.17, 15) is 0 Å². The molecule has 0 radical (unpaired) electrons. The summed E-state index contributed by atoms with van der Waals surface area (Å²) in [5.41, 5.74) is 0.232. The second-order valence-electron chi connectivity index (χ2n) is 14.7. The Labute approximate surface area is 246 Å². The topological polar surface area (TPSA) is 60.9 Å². The average molecular weight is 560 g/mol. The molecule has 0 bridgehead atoms. The van der Waals surface area contributed by atoms with E-state index in [1.807, 2.05) is 13.8 Å². The van der Waals surface area contributed by atoms with Crippen molar-refractivity contribution in [2.24, 2.45) is 10.8 Å². The largest absolute Gasteiger partial charge is 0.461 e. The van der Waals surface area contributed by atoms with Crippen LogP contribution in [0.25, 0.3) is 0 Å². The van der Waals surface area contributed by atoms with Crippen molar-refractivity contribution in [3.05, 3.63) is 0 Å². The fourth-order valence-corrected chi connectivity index (χ4v) is 6.16. The Morgan fingerprint density at radius 2 is 1.10 bits per heavy atom. The van der Waals surface area contributed by atoms with Crippen LogP contribution in [0.2, 0.25) is 0 Å². The number of hydrogen-bond donors (Lipinski definition) is 0.